The predicted octanol–water partition coefficient (Wildman–Crippen LogP) is -1.09. The Balaban J connectivity index is 0.00000324. The molecule has 1 aromatic carbocycles. The van der Waals surface area contributed by atoms with Crippen LogP contribution in [0.2, 0.25) is 0 Å². The van der Waals surface area contributed by atoms with Crippen molar-refractivity contribution >= 4 is 31.5 Å². The van der Waals surface area contributed by atoms with Crippen LogP contribution in [0.4, 0.5) is 5.69 Å². The first-order valence-electron chi connectivity index (χ1n) is 5.33. The van der Waals surface area contributed by atoms with E-state index in [9.17, 15) is 17.8 Å². The summed E-state index contributed by atoms with van der Waals surface area (Å²) in [5, 5.41) is 2.69. The van der Waals surface area contributed by atoms with E-state index in [1.165, 1.54) is 0 Å². The Morgan fingerprint density at radius 3 is 2.42 bits per heavy atom. The van der Waals surface area contributed by atoms with Gasteiger partial charge in [-0.15, -0.1) is 0 Å². The van der Waals surface area contributed by atoms with Crippen molar-refractivity contribution in [1.82, 2.24) is 0 Å². The van der Waals surface area contributed by atoms with E-state index in [1.807, 2.05) is 19.1 Å². The Bertz CT molecular complexity index is 502. The van der Waals surface area contributed by atoms with Gasteiger partial charge in [-0.25, -0.2) is 8.42 Å². The molecule has 5 nitrogen and oxygen atoms in total. The average molecular weight is 311 g/mol. The fourth-order valence-electron chi connectivity index (χ4n) is 1.25. The minimum absolute atomic E-state index is 0. The van der Waals surface area contributed by atoms with Crippen molar-refractivity contribution in [1.29, 1.82) is 0 Å². The summed E-state index contributed by atoms with van der Waals surface area (Å²) in [4.78, 5) is 11.5. The molecule has 0 aliphatic rings. The maximum atomic E-state index is 11.5. The Hall–Kier alpha value is -0.0500. The number of aryl methyl sites for hydroxylation is 1. The van der Waals surface area contributed by atoms with Gasteiger partial charge in [0, 0.05) is 17.9 Å². The molecule has 1 aromatic rings. The summed E-state index contributed by atoms with van der Waals surface area (Å²) in [5.74, 6) is -0.0598. The molecule has 0 aromatic heterocycles. The normalized spacial score (nSPS) is 10.6. The molecule has 100 valence electrons. The average Bonchev–Trinajstić information content (AvgIpc) is 2.26. The van der Waals surface area contributed by atoms with E-state index in [4.69, 9.17) is 0 Å². The molecule has 0 heterocycles. The van der Waals surface area contributed by atoms with Crippen LogP contribution in [0.15, 0.2) is 24.3 Å². The van der Waals surface area contributed by atoms with E-state index in [0.29, 0.717) is 22.9 Å². The SMILES string of the molecule is Cc1ccc(NC(=O)CCCSS(=O)(=O)[O-])cc1.[Na+]. The number of anilines is 1. The molecule has 0 unspecified atom stereocenters. The summed E-state index contributed by atoms with van der Waals surface area (Å²) in [6.07, 6.45) is 0.542. The number of carbonyl (C=O) groups is 1. The fraction of sp³-hybridized carbons (Fsp3) is 0.364. The van der Waals surface area contributed by atoms with Crippen LogP contribution in [0.25, 0.3) is 0 Å². The van der Waals surface area contributed by atoms with Gasteiger partial charge in [0.1, 0.15) is 9.15 Å². The van der Waals surface area contributed by atoms with Crippen LogP contribution >= 0.6 is 10.8 Å². The van der Waals surface area contributed by atoms with Crippen molar-refractivity contribution < 1.29 is 47.3 Å². The Morgan fingerprint density at radius 2 is 1.89 bits per heavy atom. The smallest absolute Gasteiger partial charge is 0.739 e. The molecule has 0 saturated heterocycles. The van der Waals surface area contributed by atoms with Gasteiger partial charge in [-0.2, -0.15) is 0 Å². The summed E-state index contributed by atoms with van der Waals surface area (Å²) in [7, 11) is -3.93. The van der Waals surface area contributed by atoms with E-state index >= 15 is 0 Å². The fourth-order valence-corrected chi connectivity index (χ4v) is 2.69. The molecule has 0 aliphatic carbocycles. The van der Waals surface area contributed by atoms with E-state index in [2.05, 4.69) is 5.32 Å². The molecule has 1 N–H and O–H groups in total. The molecule has 0 bridgehead atoms. The molecular formula is C11H14NNaO4S2. The van der Waals surface area contributed by atoms with Crippen molar-refractivity contribution in [2.24, 2.45) is 0 Å². The zero-order valence-corrected chi connectivity index (χ0v) is 14.5. The van der Waals surface area contributed by atoms with Crippen LogP contribution in [-0.4, -0.2) is 24.6 Å². The maximum Gasteiger partial charge on any atom is 1.00 e. The van der Waals surface area contributed by atoms with Gasteiger partial charge in [0.2, 0.25) is 5.91 Å². The number of nitrogens with one attached hydrogen (secondary N) is 1. The Kier molecular flexibility index (Phi) is 8.97. The van der Waals surface area contributed by atoms with Crippen LogP contribution in [-0.2, 0) is 13.9 Å². The molecule has 1 rings (SSSR count). The second-order valence-corrected chi connectivity index (χ2v) is 7.14. The molecule has 1 amide bonds. The maximum absolute atomic E-state index is 11.5. The molecule has 0 saturated carbocycles. The van der Waals surface area contributed by atoms with Crippen molar-refractivity contribution in [2.75, 3.05) is 11.1 Å². The van der Waals surface area contributed by atoms with Gasteiger partial charge in [-0.1, -0.05) is 17.7 Å². The summed E-state index contributed by atoms with van der Waals surface area (Å²) in [6, 6.07) is 7.36. The molecule has 8 heteroatoms. The molecule has 19 heavy (non-hydrogen) atoms. The number of rotatable bonds is 6. The van der Waals surface area contributed by atoms with Crippen LogP contribution < -0.4 is 34.9 Å². The van der Waals surface area contributed by atoms with Gasteiger partial charge in [-0.3, -0.25) is 4.79 Å². The Labute approximate surface area is 139 Å². The number of carbonyl (C=O) groups excluding carboxylic acids is 1. The van der Waals surface area contributed by atoms with Gasteiger partial charge >= 0.3 is 29.6 Å². The third kappa shape index (κ3) is 9.48. The largest absolute Gasteiger partial charge is 1.00 e. The van der Waals surface area contributed by atoms with Gasteiger partial charge in [0.05, 0.1) is 0 Å². The minimum Gasteiger partial charge on any atom is -0.739 e. The second kappa shape index (κ2) is 8.99. The quantitative estimate of drug-likeness (QED) is 0.312. The van der Waals surface area contributed by atoms with Crippen LogP contribution in [0.1, 0.15) is 18.4 Å². The van der Waals surface area contributed by atoms with Gasteiger partial charge in [0.15, 0.2) is 0 Å². The molecule has 0 spiro atoms. The third-order valence-electron chi connectivity index (χ3n) is 2.11. The predicted molar refractivity (Wildman–Crippen MR) is 71.2 cm³/mol. The standard InChI is InChI=1S/C11H15NO4S2.Na/c1-9-4-6-10(7-5-9)12-11(13)3-2-8-17-18(14,15)16;/h4-7H,2-3,8H2,1H3,(H,12,13)(H,14,15,16);/q;+1/p-1. The monoisotopic (exact) mass is 311 g/mol. The van der Waals surface area contributed by atoms with Crippen molar-refractivity contribution in [3.63, 3.8) is 0 Å². The molecule has 0 fully saturated rings. The summed E-state index contributed by atoms with van der Waals surface area (Å²) in [6.45, 7) is 1.95. The first-order valence-corrected chi connectivity index (χ1v) is 8.25. The van der Waals surface area contributed by atoms with Gasteiger partial charge in [0.25, 0.3) is 0 Å². The van der Waals surface area contributed by atoms with Crippen molar-refractivity contribution in [2.45, 2.75) is 19.8 Å². The topological polar surface area (TPSA) is 86.3 Å². The summed E-state index contributed by atoms with van der Waals surface area (Å²) in [5.41, 5.74) is 1.81. The third-order valence-corrected chi connectivity index (χ3v) is 4.22. The zero-order valence-electron chi connectivity index (χ0n) is 10.9. The summed E-state index contributed by atoms with van der Waals surface area (Å²) >= 11 is 0. The first-order chi connectivity index (χ1) is 8.37. The number of benzene rings is 1. The molecule has 0 aliphatic heterocycles. The minimum atomic E-state index is -4.25. The van der Waals surface area contributed by atoms with Crippen LogP contribution in [0.5, 0.6) is 0 Å². The van der Waals surface area contributed by atoms with E-state index < -0.39 is 9.15 Å². The molecule has 0 radical (unpaired) electrons. The summed E-state index contributed by atoms with van der Waals surface area (Å²) < 4.78 is 30.9. The van der Waals surface area contributed by atoms with E-state index in [0.717, 1.165) is 5.56 Å². The van der Waals surface area contributed by atoms with Crippen LogP contribution in [0, 0.1) is 6.92 Å². The number of hydrogen-bond donors (Lipinski definition) is 1. The molecule has 0 atom stereocenters. The van der Waals surface area contributed by atoms with Crippen molar-refractivity contribution in [3.8, 4) is 0 Å². The van der Waals surface area contributed by atoms with Crippen LogP contribution in [0.3, 0.4) is 0 Å². The molecular weight excluding hydrogens is 297 g/mol. The zero-order chi connectivity index (χ0) is 13.6. The van der Waals surface area contributed by atoms with Gasteiger partial charge < -0.3 is 9.87 Å². The van der Waals surface area contributed by atoms with E-state index in [1.54, 1.807) is 12.1 Å². The number of amides is 1. The number of hydrogen-bond acceptors (Lipinski definition) is 5. The van der Waals surface area contributed by atoms with Gasteiger partial charge in [-0.05, 0) is 36.3 Å². The van der Waals surface area contributed by atoms with E-state index in [-0.39, 0.29) is 47.6 Å². The first kappa shape index (κ1) is 18.9. The van der Waals surface area contributed by atoms with Crippen molar-refractivity contribution in [3.05, 3.63) is 29.8 Å². The Morgan fingerprint density at radius 1 is 1.32 bits per heavy atom. The second-order valence-electron chi connectivity index (χ2n) is 3.75.